The fraction of sp³-hybridized carbons (Fsp3) is 0.364. The number of rotatable bonds is 5. The van der Waals surface area contributed by atoms with Gasteiger partial charge in [-0.25, -0.2) is 8.42 Å². The molecule has 0 fully saturated rings. The van der Waals surface area contributed by atoms with Crippen molar-refractivity contribution in [3.8, 4) is 0 Å². The molecule has 0 radical (unpaired) electrons. The maximum Gasteiger partial charge on any atom is 0.269 e. The van der Waals surface area contributed by atoms with E-state index in [1.165, 1.54) is 24.3 Å². The fourth-order valence-electron chi connectivity index (χ4n) is 1.62. The fourth-order valence-corrected chi connectivity index (χ4v) is 2.75. The summed E-state index contributed by atoms with van der Waals surface area (Å²) in [5.74, 6) is -0.533. The van der Waals surface area contributed by atoms with Crippen molar-refractivity contribution in [3.05, 3.63) is 39.9 Å². The van der Waals surface area contributed by atoms with E-state index < -0.39 is 25.8 Å². The molecule has 0 aromatic heterocycles. The van der Waals surface area contributed by atoms with Gasteiger partial charge in [-0.1, -0.05) is 6.92 Å². The van der Waals surface area contributed by atoms with E-state index in [-0.39, 0.29) is 17.7 Å². The Labute approximate surface area is 105 Å². The van der Waals surface area contributed by atoms with Crippen LogP contribution >= 0.6 is 0 Å². The summed E-state index contributed by atoms with van der Waals surface area (Å²) in [6.45, 7) is 1.61. The molecule has 0 unspecified atom stereocenters. The minimum absolute atomic E-state index is 0.140. The molecule has 6 nitrogen and oxygen atoms in total. The number of sulfone groups is 1. The summed E-state index contributed by atoms with van der Waals surface area (Å²) in [6, 6.07) is 4.91. The average Bonchev–Trinajstić information content (AvgIpc) is 2.28. The van der Waals surface area contributed by atoms with Gasteiger partial charge in [0, 0.05) is 24.0 Å². The average molecular weight is 271 g/mol. The number of benzene rings is 1. The number of nitrogens with zero attached hydrogens (tertiary/aromatic N) is 1. The van der Waals surface area contributed by atoms with E-state index >= 15 is 0 Å². The molecule has 0 saturated carbocycles. The standard InChI is InChI=1S/C11H13NO5S/c1-3-10(18(2,16)17)11(13)8-4-6-9(7-5-8)12(14)15/h4-7,10H,3H2,1-2H3/t10-/m1/s1. The van der Waals surface area contributed by atoms with E-state index in [0.29, 0.717) is 0 Å². The van der Waals surface area contributed by atoms with Gasteiger partial charge in [-0.3, -0.25) is 14.9 Å². The summed E-state index contributed by atoms with van der Waals surface area (Å²) >= 11 is 0. The quantitative estimate of drug-likeness (QED) is 0.460. The first-order valence-corrected chi connectivity index (χ1v) is 7.20. The summed E-state index contributed by atoms with van der Waals surface area (Å²) in [7, 11) is -3.47. The van der Waals surface area contributed by atoms with Crippen LogP contribution in [-0.4, -0.2) is 30.6 Å². The van der Waals surface area contributed by atoms with Crippen LogP contribution in [-0.2, 0) is 9.84 Å². The zero-order valence-corrected chi connectivity index (χ0v) is 10.8. The van der Waals surface area contributed by atoms with Gasteiger partial charge in [-0.15, -0.1) is 0 Å². The Morgan fingerprint density at radius 2 is 1.83 bits per heavy atom. The lowest BCUT2D eigenvalue weighted by Gasteiger charge is -2.11. The van der Waals surface area contributed by atoms with Crippen LogP contribution in [0.3, 0.4) is 0 Å². The van der Waals surface area contributed by atoms with Crippen molar-refractivity contribution < 1.29 is 18.1 Å². The molecule has 0 aliphatic heterocycles. The van der Waals surface area contributed by atoms with Crippen LogP contribution < -0.4 is 0 Å². The van der Waals surface area contributed by atoms with Crippen molar-refractivity contribution in [2.45, 2.75) is 18.6 Å². The van der Waals surface area contributed by atoms with E-state index in [0.717, 1.165) is 6.26 Å². The summed E-state index contributed by atoms with van der Waals surface area (Å²) < 4.78 is 22.8. The Morgan fingerprint density at radius 1 is 1.33 bits per heavy atom. The first kappa shape index (κ1) is 14.3. The second-order valence-corrected chi connectivity index (χ2v) is 6.12. The number of carbonyl (C=O) groups is 1. The van der Waals surface area contributed by atoms with Crippen LogP contribution in [0.25, 0.3) is 0 Å². The first-order chi connectivity index (χ1) is 8.27. The Bertz CT molecular complexity index is 562. The Hall–Kier alpha value is -1.76. The van der Waals surface area contributed by atoms with Crippen molar-refractivity contribution in [3.63, 3.8) is 0 Å². The van der Waals surface area contributed by atoms with Gasteiger partial charge >= 0.3 is 0 Å². The molecule has 18 heavy (non-hydrogen) atoms. The lowest BCUT2D eigenvalue weighted by molar-refractivity contribution is -0.384. The third-order valence-electron chi connectivity index (χ3n) is 2.54. The molecule has 0 amide bonds. The molecule has 0 heterocycles. The molecule has 1 atom stereocenters. The van der Waals surface area contributed by atoms with Crippen LogP contribution in [0.15, 0.2) is 24.3 Å². The van der Waals surface area contributed by atoms with Gasteiger partial charge in [-0.2, -0.15) is 0 Å². The molecular weight excluding hydrogens is 258 g/mol. The molecule has 0 N–H and O–H groups in total. The molecule has 0 bridgehead atoms. The molecule has 1 aromatic rings. The van der Waals surface area contributed by atoms with Gasteiger partial charge in [0.25, 0.3) is 5.69 Å². The Balaban J connectivity index is 3.07. The van der Waals surface area contributed by atoms with Crippen LogP contribution in [0.1, 0.15) is 23.7 Å². The number of hydrogen-bond donors (Lipinski definition) is 0. The van der Waals surface area contributed by atoms with Gasteiger partial charge in [0.1, 0.15) is 5.25 Å². The van der Waals surface area contributed by atoms with Crippen molar-refractivity contribution in [1.29, 1.82) is 0 Å². The van der Waals surface area contributed by atoms with Gasteiger partial charge in [0.05, 0.1) is 4.92 Å². The summed E-state index contributed by atoms with van der Waals surface area (Å²) in [4.78, 5) is 21.8. The molecular formula is C11H13NO5S. The van der Waals surface area contributed by atoms with Crippen molar-refractivity contribution in [2.75, 3.05) is 6.26 Å². The normalized spacial score (nSPS) is 13.0. The monoisotopic (exact) mass is 271 g/mol. The van der Waals surface area contributed by atoms with E-state index in [1.807, 2.05) is 0 Å². The van der Waals surface area contributed by atoms with Gasteiger partial charge < -0.3 is 0 Å². The van der Waals surface area contributed by atoms with Gasteiger partial charge in [-0.05, 0) is 18.6 Å². The second-order valence-electron chi connectivity index (χ2n) is 3.89. The maximum absolute atomic E-state index is 12.0. The second kappa shape index (κ2) is 5.26. The molecule has 0 aliphatic rings. The highest BCUT2D eigenvalue weighted by atomic mass is 32.2. The zero-order valence-electron chi connectivity index (χ0n) is 9.99. The minimum atomic E-state index is -3.47. The molecule has 1 rings (SSSR count). The van der Waals surface area contributed by atoms with Crippen LogP contribution in [0.5, 0.6) is 0 Å². The molecule has 7 heteroatoms. The van der Waals surface area contributed by atoms with Crippen molar-refractivity contribution in [2.24, 2.45) is 0 Å². The van der Waals surface area contributed by atoms with E-state index in [4.69, 9.17) is 0 Å². The highest BCUT2D eigenvalue weighted by Crippen LogP contribution is 2.16. The molecule has 0 aliphatic carbocycles. The largest absolute Gasteiger partial charge is 0.293 e. The zero-order chi connectivity index (χ0) is 13.9. The smallest absolute Gasteiger partial charge is 0.269 e. The molecule has 0 spiro atoms. The topological polar surface area (TPSA) is 94.3 Å². The predicted octanol–water partition coefficient (Wildman–Crippen LogP) is 1.60. The number of nitro benzene ring substituents is 1. The molecule has 0 saturated heterocycles. The number of hydrogen-bond acceptors (Lipinski definition) is 5. The van der Waals surface area contributed by atoms with Crippen molar-refractivity contribution >= 4 is 21.3 Å². The van der Waals surface area contributed by atoms with Crippen molar-refractivity contribution in [1.82, 2.24) is 0 Å². The third kappa shape index (κ3) is 3.13. The van der Waals surface area contributed by atoms with Crippen LogP contribution in [0, 0.1) is 10.1 Å². The molecule has 98 valence electrons. The summed E-state index contributed by atoms with van der Waals surface area (Å²) in [5, 5.41) is 9.36. The lowest BCUT2D eigenvalue weighted by Crippen LogP contribution is -2.28. The van der Waals surface area contributed by atoms with Gasteiger partial charge in [0.2, 0.25) is 0 Å². The van der Waals surface area contributed by atoms with E-state index in [2.05, 4.69) is 0 Å². The number of nitro groups is 1. The minimum Gasteiger partial charge on any atom is -0.293 e. The van der Waals surface area contributed by atoms with Crippen LogP contribution in [0.4, 0.5) is 5.69 Å². The number of ketones is 1. The van der Waals surface area contributed by atoms with Crippen LogP contribution in [0.2, 0.25) is 0 Å². The third-order valence-corrected chi connectivity index (χ3v) is 4.12. The first-order valence-electron chi connectivity index (χ1n) is 5.25. The summed E-state index contributed by atoms with van der Waals surface area (Å²) in [5.41, 5.74) is 0.0248. The number of carbonyl (C=O) groups excluding carboxylic acids is 1. The van der Waals surface area contributed by atoms with E-state index in [9.17, 15) is 23.3 Å². The van der Waals surface area contributed by atoms with E-state index in [1.54, 1.807) is 6.92 Å². The van der Waals surface area contributed by atoms with Gasteiger partial charge in [0.15, 0.2) is 15.6 Å². The highest BCUT2D eigenvalue weighted by molar-refractivity contribution is 7.92. The SMILES string of the molecule is CC[C@H](C(=O)c1ccc([N+](=O)[O-])cc1)S(C)(=O)=O. The molecule has 1 aromatic carbocycles. The summed E-state index contributed by atoms with van der Waals surface area (Å²) in [6.07, 6.45) is 1.18. The Morgan fingerprint density at radius 3 is 2.17 bits per heavy atom. The Kier molecular flexibility index (Phi) is 4.18. The number of Topliss-reactive ketones (excluding diaryl/α,β-unsaturated/α-hetero) is 1. The highest BCUT2D eigenvalue weighted by Gasteiger charge is 2.28. The maximum atomic E-state index is 12.0. The lowest BCUT2D eigenvalue weighted by atomic mass is 10.1. The predicted molar refractivity (Wildman–Crippen MR) is 66.3 cm³/mol. The number of non-ortho nitro benzene ring substituents is 1.